The number of aryl methyl sites for hydroxylation is 1. The van der Waals surface area contributed by atoms with Crippen molar-refractivity contribution in [2.45, 2.75) is 13.0 Å². The minimum atomic E-state index is -1.04. The zero-order chi connectivity index (χ0) is 19.1. The molecule has 3 aromatic rings. The molecule has 0 unspecified atom stereocenters. The molecule has 0 aliphatic carbocycles. The second-order valence-corrected chi connectivity index (χ2v) is 6.75. The van der Waals surface area contributed by atoms with Crippen LogP contribution >= 0.6 is 11.3 Å². The van der Waals surface area contributed by atoms with Crippen LogP contribution in [0.4, 0.5) is 5.69 Å². The van der Waals surface area contributed by atoms with E-state index in [1.807, 2.05) is 54.1 Å². The van der Waals surface area contributed by atoms with Crippen molar-refractivity contribution in [1.29, 1.82) is 0 Å². The van der Waals surface area contributed by atoms with Gasteiger partial charge in [0.05, 0.1) is 0 Å². The number of nitrogens with one attached hydrogen (secondary N) is 1. The Labute approximate surface area is 162 Å². The molecule has 0 aliphatic heterocycles. The Hall–Kier alpha value is -3.18. The van der Waals surface area contributed by atoms with Crippen LogP contribution in [-0.2, 0) is 14.3 Å². The first kappa shape index (κ1) is 18.6. The highest BCUT2D eigenvalue weighted by atomic mass is 32.1. The topological polar surface area (TPSA) is 55.4 Å². The lowest BCUT2D eigenvalue weighted by Gasteiger charge is -2.17. The summed E-state index contributed by atoms with van der Waals surface area (Å²) in [6, 6.07) is 18.3. The molecule has 136 valence electrons. The van der Waals surface area contributed by atoms with E-state index in [-0.39, 0.29) is 0 Å². The maximum atomic E-state index is 12.8. The van der Waals surface area contributed by atoms with E-state index in [1.165, 1.54) is 6.08 Å². The molecule has 0 bridgehead atoms. The summed E-state index contributed by atoms with van der Waals surface area (Å²) in [4.78, 5) is 25.0. The number of amides is 1. The smallest absolute Gasteiger partial charge is 0.331 e. The molecular formula is C22H19NO3S. The van der Waals surface area contributed by atoms with Crippen molar-refractivity contribution in [3.05, 3.63) is 94.2 Å². The lowest BCUT2D eigenvalue weighted by molar-refractivity contribution is -0.149. The van der Waals surface area contributed by atoms with Crippen molar-refractivity contribution in [3.63, 3.8) is 0 Å². The van der Waals surface area contributed by atoms with Gasteiger partial charge >= 0.3 is 5.97 Å². The molecule has 1 aromatic heterocycles. The fraction of sp³-hybridized carbons (Fsp3) is 0.0909. The van der Waals surface area contributed by atoms with E-state index in [4.69, 9.17) is 4.74 Å². The molecule has 0 fully saturated rings. The van der Waals surface area contributed by atoms with Gasteiger partial charge in [0, 0.05) is 17.3 Å². The normalized spacial score (nSPS) is 11.9. The number of carbonyl (C=O) groups excluding carboxylic acids is 2. The minimum absolute atomic E-state index is 0.401. The number of rotatable bonds is 6. The van der Waals surface area contributed by atoms with Gasteiger partial charge in [-0.3, -0.25) is 4.79 Å². The Balaban J connectivity index is 1.75. The Bertz CT molecular complexity index is 916. The van der Waals surface area contributed by atoms with Crippen molar-refractivity contribution in [1.82, 2.24) is 0 Å². The van der Waals surface area contributed by atoms with Crippen LogP contribution in [0.3, 0.4) is 0 Å². The third-order valence-corrected chi connectivity index (χ3v) is 4.55. The summed E-state index contributed by atoms with van der Waals surface area (Å²) in [5.41, 5.74) is 3.27. The second kappa shape index (κ2) is 8.96. The fourth-order valence-electron chi connectivity index (χ4n) is 2.43. The van der Waals surface area contributed by atoms with Gasteiger partial charge in [0.25, 0.3) is 5.91 Å². The lowest BCUT2D eigenvalue weighted by Crippen LogP contribution is -2.25. The molecule has 0 radical (unpaired) electrons. The number of hydrogen-bond acceptors (Lipinski definition) is 4. The molecule has 1 amide bonds. The zero-order valence-electron chi connectivity index (χ0n) is 14.8. The molecule has 2 aromatic carbocycles. The summed E-state index contributed by atoms with van der Waals surface area (Å²) in [6.45, 7) is 1.97. The van der Waals surface area contributed by atoms with Crippen molar-refractivity contribution in [2.75, 3.05) is 5.32 Å². The summed E-state index contributed by atoms with van der Waals surface area (Å²) < 4.78 is 5.46. The number of anilines is 1. The van der Waals surface area contributed by atoms with Gasteiger partial charge in [0.15, 0.2) is 0 Å². The summed E-state index contributed by atoms with van der Waals surface area (Å²) in [7, 11) is 0. The van der Waals surface area contributed by atoms with E-state index in [9.17, 15) is 9.59 Å². The number of esters is 1. The standard InChI is InChI=1S/C22H19NO3S/c1-16-7-10-19(11-8-16)23-22(25)21(18-5-3-2-4-6-18)26-20(24)12-9-17-13-14-27-15-17/h2-15,21H,1H3,(H,23,25)/b12-9+/t21-/m1/s1. The molecule has 3 rings (SSSR count). The van der Waals surface area contributed by atoms with Crippen molar-refractivity contribution < 1.29 is 14.3 Å². The molecular weight excluding hydrogens is 358 g/mol. The van der Waals surface area contributed by atoms with Gasteiger partial charge in [-0.2, -0.15) is 11.3 Å². The maximum Gasteiger partial charge on any atom is 0.331 e. The van der Waals surface area contributed by atoms with E-state index >= 15 is 0 Å². The lowest BCUT2D eigenvalue weighted by atomic mass is 10.1. The molecule has 0 saturated heterocycles. The monoisotopic (exact) mass is 377 g/mol. The molecule has 0 aliphatic rings. The van der Waals surface area contributed by atoms with Crippen LogP contribution in [0, 0.1) is 6.92 Å². The highest BCUT2D eigenvalue weighted by Gasteiger charge is 2.24. The van der Waals surface area contributed by atoms with Gasteiger partial charge in [0.2, 0.25) is 6.10 Å². The summed E-state index contributed by atoms with van der Waals surface area (Å²) in [6.07, 6.45) is 1.96. The summed E-state index contributed by atoms with van der Waals surface area (Å²) in [5.74, 6) is -0.976. The first-order valence-electron chi connectivity index (χ1n) is 8.45. The SMILES string of the molecule is Cc1ccc(NC(=O)[C@H](OC(=O)/C=C/c2ccsc2)c2ccccc2)cc1. The summed E-state index contributed by atoms with van der Waals surface area (Å²) >= 11 is 1.54. The fourth-order valence-corrected chi connectivity index (χ4v) is 3.06. The third kappa shape index (κ3) is 5.39. The van der Waals surface area contributed by atoms with Crippen LogP contribution in [-0.4, -0.2) is 11.9 Å². The van der Waals surface area contributed by atoms with Gasteiger partial charge < -0.3 is 10.1 Å². The van der Waals surface area contributed by atoms with Gasteiger partial charge in [0.1, 0.15) is 0 Å². The van der Waals surface area contributed by atoms with Crippen molar-refractivity contribution in [2.24, 2.45) is 0 Å². The van der Waals surface area contributed by atoms with Crippen LogP contribution in [0.1, 0.15) is 22.8 Å². The van der Waals surface area contributed by atoms with E-state index in [1.54, 1.807) is 41.7 Å². The van der Waals surface area contributed by atoms with Crippen molar-refractivity contribution in [3.8, 4) is 0 Å². The summed E-state index contributed by atoms with van der Waals surface area (Å²) in [5, 5.41) is 6.65. The molecule has 27 heavy (non-hydrogen) atoms. The highest BCUT2D eigenvalue weighted by molar-refractivity contribution is 7.08. The average Bonchev–Trinajstić information content (AvgIpc) is 3.20. The molecule has 1 N–H and O–H groups in total. The van der Waals surface area contributed by atoms with Crippen LogP contribution in [0.15, 0.2) is 77.5 Å². The van der Waals surface area contributed by atoms with Gasteiger partial charge in [-0.1, -0.05) is 48.0 Å². The van der Waals surface area contributed by atoms with Crippen LogP contribution < -0.4 is 5.32 Å². The average molecular weight is 377 g/mol. The number of thiophene rings is 1. The predicted octanol–water partition coefficient (Wildman–Crippen LogP) is 4.99. The molecule has 1 heterocycles. The number of hydrogen-bond donors (Lipinski definition) is 1. The molecule has 1 atom stereocenters. The third-order valence-electron chi connectivity index (χ3n) is 3.85. The Morgan fingerprint density at radius 2 is 1.78 bits per heavy atom. The first-order chi connectivity index (χ1) is 13.1. The Morgan fingerprint density at radius 3 is 2.44 bits per heavy atom. The zero-order valence-corrected chi connectivity index (χ0v) is 15.6. The highest BCUT2D eigenvalue weighted by Crippen LogP contribution is 2.21. The quantitative estimate of drug-likeness (QED) is 0.486. The minimum Gasteiger partial charge on any atom is -0.444 e. The maximum absolute atomic E-state index is 12.8. The van der Waals surface area contributed by atoms with E-state index < -0.39 is 18.0 Å². The second-order valence-electron chi connectivity index (χ2n) is 5.97. The largest absolute Gasteiger partial charge is 0.444 e. The number of ether oxygens (including phenoxy) is 1. The van der Waals surface area contributed by atoms with E-state index in [0.717, 1.165) is 11.1 Å². The number of benzene rings is 2. The Morgan fingerprint density at radius 1 is 1.04 bits per heavy atom. The molecule has 0 saturated carbocycles. The molecule has 0 spiro atoms. The Kier molecular flexibility index (Phi) is 6.18. The van der Waals surface area contributed by atoms with Crippen molar-refractivity contribution >= 4 is 35.0 Å². The molecule has 5 heteroatoms. The van der Waals surface area contributed by atoms with Gasteiger partial charge in [-0.15, -0.1) is 0 Å². The van der Waals surface area contributed by atoms with Crippen LogP contribution in [0.5, 0.6) is 0 Å². The number of carbonyl (C=O) groups is 2. The van der Waals surface area contributed by atoms with Gasteiger partial charge in [-0.25, -0.2) is 4.79 Å². The van der Waals surface area contributed by atoms with Crippen LogP contribution in [0.25, 0.3) is 6.08 Å². The molecule has 4 nitrogen and oxygen atoms in total. The van der Waals surface area contributed by atoms with E-state index in [2.05, 4.69) is 5.32 Å². The van der Waals surface area contributed by atoms with Crippen LogP contribution in [0.2, 0.25) is 0 Å². The van der Waals surface area contributed by atoms with E-state index in [0.29, 0.717) is 11.3 Å². The first-order valence-corrected chi connectivity index (χ1v) is 9.39. The van der Waals surface area contributed by atoms with Gasteiger partial charge in [-0.05, 0) is 47.5 Å². The predicted molar refractivity (Wildman–Crippen MR) is 108 cm³/mol.